The molecule has 0 nitrogen and oxygen atoms in total. The summed E-state index contributed by atoms with van der Waals surface area (Å²) in [6, 6.07) is 52.7. The molecule has 0 unspecified atom stereocenters. The van der Waals surface area contributed by atoms with Gasteiger partial charge in [-0.05, 0) is 71.8 Å². The van der Waals surface area contributed by atoms with Crippen molar-refractivity contribution in [1.29, 1.82) is 0 Å². The van der Waals surface area contributed by atoms with Gasteiger partial charge >= 0.3 is 0 Å². The molecule has 36 heavy (non-hydrogen) atoms. The van der Waals surface area contributed by atoms with Crippen LogP contribution < -0.4 is 0 Å². The van der Waals surface area contributed by atoms with Crippen LogP contribution in [0.3, 0.4) is 0 Å². The molecule has 0 aliphatic heterocycles. The topological polar surface area (TPSA) is 0 Å². The molecular weight excluding hydrogens is 432 g/mol. The summed E-state index contributed by atoms with van der Waals surface area (Å²) in [4.78, 5) is 0. The predicted molar refractivity (Wildman–Crippen MR) is 155 cm³/mol. The summed E-state index contributed by atoms with van der Waals surface area (Å²) < 4.78 is 0. The van der Waals surface area contributed by atoms with E-state index in [0.717, 1.165) is 0 Å². The van der Waals surface area contributed by atoms with Crippen LogP contribution in [0.1, 0.15) is 0 Å². The average Bonchev–Trinajstić information content (AvgIpc) is 2.96. The largest absolute Gasteiger partial charge is 0.0622 e. The van der Waals surface area contributed by atoms with Crippen molar-refractivity contribution in [2.24, 2.45) is 0 Å². The first-order valence-corrected chi connectivity index (χ1v) is 12.5. The van der Waals surface area contributed by atoms with Crippen LogP contribution in [0, 0.1) is 0 Å². The Morgan fingerprint density at radius 3 is 1.42 bits per heavy atom. The van der Waals surface area contributed by atoms with Gasteiger partial charge in [-0.25, -0.2) is 0 Å². The van der Waals surface area contributed by atoms with Crippen molar-refractivity contribution >= 4 is 32.3 Å². The van der Waals surface area contributed by atoms with Crippen molar-refractivity contribution in [1.82, 2.24) is 0 Å². The Hall–Kier alpha value is -4.68. The highest BCUT2D eigenvalue weighted by Gasteiger charge is 2.17. The summed E-state index contributed by atoms with van der Waals surface area (Å²) in [6.07, 6.45) is 0. The lowest BCUT2D eigenvalue weighted by Crippen LogP contribution is -1.91. The van der Waals surface area contributed by atoms with Crippen molar-refractivity contribution in [2.75, 3.05) is 0 Å². The Morgan fingerprint density at radius 2 is 0.806 bits per heavy atom. The molecule has 0 aliphatic rings. The number of rotatable bonds is 3. The van der Waals surface area contributed by atoms with Gasteiger partial charge in [0.05, 0.1) is 0 Å². The quantitative estimate of drug-likeness (QED) is 0.232. The van der Waals surface area contributed by atoms with Crippen LogP contribution in [-0.4, -0.2) is 0 Å². The zero-order valence-corrected chi connectivity index (χ0v) is 19.9. The lowest BCUT2D eigenvalue weighted by Gasteiger charge is -2.19. The lowest BCUT2D eigenvalue weighted by atomic mass is 9.84. The highest BCUT2D eigenvalue weighted by Crippen LogP contribution is 2.45. The Labute approximate surface area is 211 Å². The number of benzene rings is 7. The van der Waals surface area contributed by atoms with Crippen molar-refractivity contribution < 1.29 is 0 Å². The molecule has 0 bridgehead atoms. The smallest absolute Gasteiger partial charge is 0.00201 e. The Morgan fingerprint density at radius 1 is 0.278 bits per heavy atom. The van der Waals surface area contributed by atoms with Gasteiger partial charge in [0.15, 0.2) is 0 Å². The van der Waals surface area contributed by atoms with E-state index in [4.69, 9.17) is 0 Å². The van der Waals surface area contributed by atoms with E-state index in [1.54, 1.807) is 0 Å². The molecular formula is C36H24. The summed E-state index contributed by atoms with van der Waals surface area (Å²) in [7, 11) is 0. The normalized spacial score (nSPS) is 11.3. The summed E-state index contributed by atoms with van der Waals surface area (Å²) in [5, 5.41) is 7.68. The fourth-order valence-corrected chi connectivity index (χ4v) is 5.64. The van der Waals surface area contributed by atoms with Crippen LogP contribution >= 0.6 is 0 Å². The third-order valence-electron chi connectivity index (χ3n) is 7.25. The van der Waals surface area contributed by atoms with Gasteiger partial charge in [0, 0.05) is 0 Å². The van der Waals surface area contributed by atoms with Gasteiger partial charge in [-0.2, -0.15) is 0 Å². The van der Waals surface area contributed by atoms with Crippen LogP contribution in [0.4, 0.5) is 0 Å². The molecule has 0 radical (unpaired) electrons. The summed E-state index contributed by atoms with van der Waals surface area (Å²) >= 11 is 0. The minimum Gasteiger partial charge on any atom is -0.0622 e. The van der Waals surface area contributed by atoms with E-state index in [0.29, 0.717) is 0 Å². The molecule has 0 fully saturated rings. The van der Waals surface area contributed by atoms with Crippen LogP contribution in [0.25, 0.3) is 65.7 Å². The Balaban J connectivity index is 1.61. The summed E-state index contributed by atoms with van der Waals surface area (Å²) in [5.74, 6) is 0. The van der Waals surface area contributed by atoms with E-state index in [1.165, 1.54) is 65.7 Å². The average molecular weight is 457 g/mol. The number of fused-ring (bicyclic) bond motifs is 3. The molecule has 0 aromatic heterocycles. The highest BCUT2D eigenvalue weighted by atomic mass is 14.2. The van der Waals surface area contributed by atoms with Crippen LogP contribution in [0.5, 0.6) is 0 Å². The predicted octanol–water partition coefficient (Wildman–Crippen LogP) is 10.1. The number of hydrogen-bond donors (Lipinski definition) is 0. The minimum atomic E-state index is 1.24. The van der Waals surface area contributed by atoms with E-state index in [2.05, 4.69) is 146 Å². The van der Waals surface area contributed by atoms with E-state index in [9.17, 15) is 0 Å². The molecule has 7 rings (SSSR count). The van der Waals surface area contributed by atoms with Gasteiger partial charge < -0.3 is 0 Å². The first-order chi connectivity index (χ1) is 17.9. The maximum atomic E-state index is 2.36. The summed E-state index contributed by atoms with van der Waals surface area (Å²) in [5.41, 5.74) is 7.61. The zero-order valence-electron chi connectivity index (χ0n) is 19.9. The van der Waals surface area contributed by atoms with Crippen molar-refractivity contribution in [2.45, 2.75) is 0 Å². The van der Waals surface area contributed by atoms with Gasteiger partial charge in [-0.1, -0.05) is 140 Å². The maximum Gasteiger partial charge on any atom is -0.00201 e. The summed E-state index contributed by atoms with van der Waals surface area (Å²) in [6.45, 7) is 0. The van der Waals surface area contributed by atoms with Gasteiger partial charge in [-0.3, -0.25) is 0 Å². The van der Waals surface area contributed by atoms with Gasteiger partial charge in [0.25, 0.3) is 0 Å². The fraction of sp³-hybridized carbons (Fsp3) is 0. The van der Waals surface area contributed by atoms with Crippen molar-refractivity contribution in [3.63, 3.8) is 0 Å². The molecule has 7 aromatic rings. The van der Waals surface area contributed by atoms with Crippen molar-refractivity contribution in [3.05, 3.63) is 146 Å². The SMILES string of the molecule is c1ccc(-c2ccc3cccc(-c4c5ccccc5c(-c5ccccc5)c5ccccc45)c3c2)cc1. The Kier molecular flexibility index (Phi) is 4.89. The van der Waals surface area contributed by atoms with E-state index < -0.39 is 0 Å². The second-order valence-electron chi connectivity index (χ2n) is 9.31. The van der Waals surface area contributed by atoms with Gasteiger partial charge in [0.2, 0.25) is 0 Å². The van der Waals surface area contributed by atoms with E-state index in [1.807, 2.05) is 0 Å². The molecule has 0 N–H and O–H groups in total. The third kappa shape index (κ3) is 3.31. The van der Waals surface area contributed by atoms with Crippen LogP contribution in [0.2, 0.25) is 0 Å². The molecule has 0 amide bonds. The fourth-order valence-electron chi connectivity index (χ4n) is 5.64. The highest BCUT2D eigenvalue weighted by molar-refractivity contribution is 6.23. The first-order valence-electron chi connectivity index (χ1n) is 12.5. The minimum absolute atomic E-state index is 1.24. The zero-order chi connectivity index (χ0) is 23.9. The van der Waals surface area contributed by atoms with Crippen LogP contribution in [-0.2, 0) is 0 Å². The molecule has 0 saturated heterocycles. The maximum absolute atomic E-state index is 2.36. The van der Waals surface area contributed by atoms with Crippen LogP contribution in [0.15, 0.2) is 146 Å². The molecule has 0 atom stereocenters. The van der Waals surface area contributed by atoms with E-state index >= 15 is 0 Å². The molecule has 0 spiro atoms. The molecule has 0 aliphatic carbocycles. The van der Waals surface area contributed by atoms with Gasteiger partial charge in [0.1, 0.15) is 0 Å². The Bertz CT molecular complexity index is 1810. The molecule has 168 valence electrons. The van der Waals surface area contributed by atoms with Gasteiger partial charge in [-0.15, -0.1) is 0 Å². The first kappa shape index (κ1) is 20.7. The number of hydrogen-bond acceptors (Lipinski definition) is 0. The third-order valence-corrected chi connectivity index (χ3v) is 7.25. The molecule has 7 aromatic carbocycles. The molecule has 0 heteroatoms. The van der Waals surface area contributed by atoms with E-state index in [-0.39, 0.29) is 0 Å². The second kappa shape index (κ2) is 8.52. The second-order valence-corrected chi connectivity index (χ2v) is 9.31. The standard InChI is InChI=1S/C36H24/c1-3-12-25(13-4-1)28-23-22-26-16-11-21-33(34(26)24-28)36-31-19-9-7-17-29(31)35(27-14-5-2-6-15-27)30-18-8-10-20-32(30)36/h1-24H. The molecule has 0 saturated carbocycles. The van der Waals surface area contributed by atoms with Crippen molar-refractivity contribution in [3.8, 4) is 33.4 Å². The molecule has 0 heterocycles. The lowest BCUT2D eigenvalue weighted by molar-refractivity contribution is 1.64. The monoisotopic (exact) mass is 456 g/mol.